The van der Waals surface area contributed by atoms with Crippen molar-refractivity contribution < 1.29 is 14.1 Å². The van der Waals surface area contributed by atoms with E-state index in [1.807, 2.05) is 63.8 Å². The monoisotopic (exact) mass is 343 g/mol. The Morgan fingerprint density at radius 3 is 2.40 bits per heavy atom. The minimum absolute atomic E-state index is 0.0239. The first-order valence-corrected chi connectivity index (χ1v) is 8.64. The van der Waals surface area contributed by atoms with Crippen LogP contribution in [0.2, 0.25) is 0 Å². The summed E-state index contributed by atoms with van der Waals surface area (Å²) in [6.45, 7) is 11.2. The zero-order chi connectivity index (χ0) is 18.2. The molecule has 1 aliphatic rings. The Labute approximate surface area is 148 Å². The molecule has 0 saturated carbocycles. The van der Waals surface area contributed by atoms with E-state index in [4.69, 9.17) is 9.26 Å². The average Bonchev–Trinajstić information content (AvgIpc) is 3.03. The summed E-state index contributed by atoms with van der Waals surface area (Å²) in [5.41, 5.74) is 1.03. The Hall–Kier alpha value is -2.21. The van der Waals surface area contributed by atoms with E-state index < -0.39 is 0 Å². The fourth-order valence-electron chi connectivity index (χ4n) is 3.01. The summed E-state index contributed by atoms with van der Waals surface area (Å²) in [5.74, 6) is 0.967. The molecule has 0 bridgehead atoms. The SMILES string of the molecule is C[C@H]1CN(C(=O)c2ccccc2-c2nc(C(C)(C)C)no2)C[C@H](C)O1. The van der Waals surface area contributed by atoms with Gasteiger partial charge in [0.15, 0.2) is 5.82 Å². The number of hydrogen-bond acceptors (Lipinski definition) is 5. The van der Waals surface area contributed by atoms with Gasteiger partial charge in [0.25, 0.3) is 11.8 Å². The van der Waals surface area contributed by atoms with E-state index in [1.165, 1.54) is 0 Å². The van der Waals surface area contributed by atoms with Crippen LogP contribution in [-0.4, -0.2) is 46.2 Å². The molecule has 0 aliphatic carbocycles. The van der Waals surface area contributed by atoms with E-state index >= 15 is 0 Å². The number of amides is 1. The molecule has 0 spiro atoms. The largest absolute Gasteiger partial charge is 0.372 e. The predicted octanol–water partition coefficient (Wildman–Crippen LogP) is 3.28. The van der Waals surface area contributed by atoms with E-state index in [1.54, 1.807) is 0 Å². The van der Waals surface area contributed by atoms with Gasteiger partial charge in [-0.2, -0.15) is 4.98 Å². The van der Waals surface area contributed by atoms with Crippen LogP contribution < -0.4 is 0 Å². The summed E-state index contributed by atoms with van der Waals surface area (Å²) in [5, 5.41) is 4.07. The van der Waals surface area contributed by atoms with Crippen LogP contribution in [0.5, 0.6) is 0 Å². The second-order valence-electron chi connectivity index (χ2n) is 7.69. The molecule has 6 nitrogen and oxygen atoms in total. The van der Waals surface area contributed by atoms with Gasteiger partial charge >= 0.3 is 0 Å². The van der Waals surface area contributed by atoms with E-state index in [9.17, 15) is 4.79 Å². The lowest BCUT2D eigenvalue weighted by Crippen LogP contribution is -2.48. The zero-order valence-corrected chi connectivity index (χ0v) is 15.4. The van der Waals surface area contributed by atoms with Crippen molar-refractivity contribution in [2.24, 2.45) is 0 Å². The lowest BCUT2D eigenvalue weighted by atomic mass is 9.96. The van der Waals surface area contributed by atoms with Crippen LogP contribution in [-0.2, 0) is 10.2 Å². The highest BCUT2D eigenvalue weighted by Crippen LogP contribution is 2.27. The number of morpholine rings is 1. The van der Waals surface area contributed by atoms with Crippen LogP contribution in [0.15, 0.2) is 28.8 Å². The molecule has 0 N–H and O–H groups in total. The smallest absolute Gasteiger partial charge is 0.258 e. The van der Waals surface area contributed by atoms with Crippen molar-refractivity contribution in [1.29, 1.82) is 0 Å². The number of rotatable bonds is 2. The summed E-state index contributed by atoms with van der Waals surface area (Å²) >= 11 is 0. The van der Waals surface area contributed by atoms with Gasteiger partial charge in [-0.25, -0.2) is 0 Å². The van der Waals surface area contributed by atoms with Gasteiger partial charge in [0.2, 0.25) is 0 Å². The van der Waals surface area contributed by atoms with Crippen molar-refractivity contribution in [1.82, 2.24) is 15.0 Å². The normalized spacial score (nSPS) is 21.4. The first kappa shape index (κ1) is 17.6. The second kappa shape index (κ2) is 6.59. The minimum Gasteiger partial charge on any atom is -0.372 e. The van der Waals surface area contributed by atoms with Crippen molar-refractivity contribution in [2.45, 2.75) is 52.2 Å². The standard InChI is InChI=1S/C19H25N3O3/c1-12-10-22(11-13(2)24-12)17(23)15-9-7-6-8-14(15)16-20-18(21-25-16)19(3,4)5/h6-9,12-13H,10-11H2,1-5H3/t12-,13-/m0/s1. The van der Waals surface area contributed by atoms with Crippen LogP contribution in [0.3, 0.4) is 0 Å². The summed E-state index contributed by atoms with van der Waals surface area (Å²) in [7, 11) is 0. The molecule has 1 aromatic heterocycles. The van der Waals surface area contributed by atoms with Crippen LogP contribution in [0.4, 0.5) is 0 Å². The Morgan fingerprint density at radius 1 is 1.16 bits per heavy atom. The predicted molar refractivity (Wildman–Crippen MR) is 94.3 cm³/mol. The number of benzene rings is 1. The fourth-order valence-corrected chi connectivity index (χ4v) is 3.01. The van der Waals surface area contributed by atoms with Crippen molar-refractivity contribution in [3.63, 3.8) is 0 Å². The van der Waals surface area contributed by atoms with Gasteiger partial charge in [0.1, 0.15) is 0 Å². The second-order valence-corrected chi connectivity index (χ2v) is 7.69. The van der Waals surface area contributed by atoms with Crippen LogP contribution >= 0.6 is 0 Å². The summed E-state index contributed by atoms with van der Waals surface area (Å²) in [6.07, 6.45) is 0.0477. The number of aromatic nitrogens is 2. The van der Waals surface area contributed by atoms with Gasteiger partial charge < -0.3 is 14.2 Å². The summed E-state index contributed by atoms with van der Waals surface area (Å²) in [4.78, 5) is 19.4. The number of hydrogen-bond donors (Lipinski definition) is 0. The lowest BCUT2D eigenvalue weighted by molar-refractivity contribution is -0.0586. The maximum absolute atomic E-state index is 13.1. The van der Waals surface area contributed by atoms with E-state index in [0.29, 0.717) is 35.9 Å². The minimum atomic E-state index is -0.213. The third-order valence-corrected chi connectivity index (χ3v) is 4.19. The molecule has 1 amide bonds. The number of nitrogens with zero attached hydrogens (tertiary/aromatic N) is 3. The van der Waals surface area contributed by atoms with Crippen LogP contribution in [0, 0.1) is 0 Å². The molecule has 1 aromatic carbocycles. The first-order chi connectivity index (χ1) is 11.8. The number of carbonyl (C=O) groups is 1. The molecule has 1 saturated heterocycles. The van der Waals surface area contributed by atoms with Gasteiger partial charge in [0, 0.05) is 18.5 Å². The third kappa shape index (κ3) is 3.74. The molecule has 1 aliphatic heterocycles. The molecule has 0 unspecified atom stereocenters. The third-order valence-electron chi connectivity index (χ3n) is 4.19. The highest BCUT2D eigenvalue weighted by atomic mass is 16.5. The Kier molecular flexibility index (Phi) is 4.64. The topological polar surface area (TPSA) is 68.5 Å². The van der Waals surface area contributed by atoms with Crippen molar-refractivity contribution >= 4 is 5.91 Å². The zero-order valence-electron chi connectivity index (χ0n) is 15.4. The maximum atomic E-state index is 13.1. The molecule has 2 heterocycles. The molecule has 2 aromatic rings. The fraction of sp³-hybridized carbons (Fsp3) is 0.526. The molecule has 0 radical (unpaired) electrons. The van der Waals surface area contributed by atoms with Crippen LogP contribution in [0.25, 0.3) is 11.5 Å². The first-order valence-electron chi connectivity index (χ1n) is 8.64. The Balaban J connectivity index is 1.93. The van der Waals surface area contributed by atoms with Crippen molar-refractivity contribution in [3.8, 4) is 11.5 Å². The van der Waals surface area contributed by atoms with Gasteiger partial charge in [0.05, 0.1) is 23.3 Å². The Morgan fingerprint density at radius 2 is 1.80 bits per heavy atom. The quantitative estimate of drug-likeness (QED) is 0.837. The van der Waals surface area contributed by atoms with Crippen molar-refractivity contribution in [3.05, 3.63) is 35.7 Å². The molecular formula is C19H25N3O3. The number of ether oxygens (including phenoxy) is 1. The molecule has 3 rings (SSSR count). The molecular weight excluding hydrogens is 318 g/mol. The van der Waals surface area contributed by atoms with Gasteiger partial charge in [-0.1, -0.05) is 38.1 Å². The molecule has 25 heavy (non-hydrogen) atoms. The van der Waals surface area contributed by atoms with E-state index in [2.05, 4.69) is 10.1 Å². The lowest BCUT2D eigenvalue weighted by Gasteiger charge is -2.35. The average molecular weight is 343 g/mol. The Bertz CT molecular complexity index is 753. The van der Waals surface area contributed by atoms with Gasteiger partial charge in [-0.3, -0.25) is 4.79 Å². The highest BCUT2D eigenvalue weighted by molar-refractivity contribution is 6.00. The maximum Gasteiger partial charge on any atom is 0.258 e. The molecule has 1 fully saturated rings. The van der Waals surface area contributed by atoms with Gasteiger partial charge in [-0.15, -0.1) is 0 Å². The summed E-state index contributed by atoms with van der Waals surface area (Å²) in [6, 6.07) is 7.38. The highest BCUT2D eigenvalue weighted by Gasteiger charge is 2.29. The van der Waals surface area contributed by atoms with Gasteiger partial charge in [-0.05, 0) is 26.0 Å². The molecule has 2 atom stereocenters. The van der Waals surface area contributed by atoms with Crippen LogP contribution in [0.1, 0.15) is 50.8 Å². The van der Waals surface area contributed by atoms with E-state index in [-0.39, 0.29) is 23.5 Å². The molecule has 134 valence electrons. The molecule has 6 heteroatoms. The van der Waals surface area contributed by atoms with E-state index in [0.717, 1.165) is 0 Å². The number of carbonyl (C=O) groups excluding carboxylic acids is 1. The van der Waals surface area contributed by atoms with Crippen molar-refractivity contribution in [2.75, 3.05) is 13.1 Å². The summed E-state index contributed by atoms with van der Waals surface area (Å²) < 4.78 is 11.2.